The lowest BCUT2D eigenvalue weighted by molar-refractivity contribution is -0.137. The molecule has 0 aliphatic heterocycles. The molecule has 1 atom stereocenters. The first-order chi connectivity index (χ1) is 9.86. The minimum absolute atomic E-state index is 0.189. The predicted octanol–water partition coefficient (Wildman–Crippen LogP) is 5.21. The van der Waals surface area contributed by atoms with Gasteiger partial charge in [0, 0.05) is 17.6 Å². The Morgan fingerprint density at radius 2 is 1.81 bits per heavy atom. The first kappa shape index (κ1) is 15.9. The Kier molecular flexibility index (Phi) is 4.91. The molecule has 5 heteroatoms. The van der Waals surface area contributed by atoms with Crippen LogP contribution in [0.2, 0.25) is 5.02 Å². The fourth-order valence-electron chi connectivity index (χ4n) is 2.02. The first-order valence-corrected chi connectivity index (χ1v) is 6.89. The Morgan fingerprint density at radius 3 is 2.48 bits per heavy atom. The number of alkyl halides is 3. The van der Waals surface area contributed by atoms with E-state index in [0.29, 0.717) is 17.1 Å². The largest absolute Gasteiger partial charge is 0.416 e. The molecular weight excluding hydrogens is 299 g/mol. The second-order valence-corrected chi connectivity index (χ2v) is 5.29. The summed E-state index contributed by atoms with van der Waals surface area (Å²) in [6, 6.07) is 12.5. The lowest BCUT2D eigenvalue weighted by Gasteiger charge is -2.16. The molecule has 0 amide bonds. The van der Waals surface area contributed by atoms with E-state index in [1.807, 2.05) is 25.1 Å². The van der Waals surface area contributed by atoms with Gasteiger partial charge in [-0.3, -0.25) is 0 Å². The SMILES string of the molecule is CC(NCc1cccc(Cl)c1)c1cccc(C(F)(F)F)c1. The molecule has 0 spiro atoms. The Labute approximate surface area is 126 Å². The van der Waals surface area contributed by atoms with Gasteiger partial charge in [-0.25, -0.2) is 0 Å². The third-order valence-electron chi connectivity index (χ3n) is 3.22. The summed E-state index contributed by atoms with van der Waals surface area (Å²) < 4.78 is 38.1. The Hall–Kier alpha value is -1.52. The quantitative estimate of drug-likeness (QED) is 0.817. The van der Waals surface area contributed by atoms with Gasteiger partial charge in [-0.05, 0) is 42.3 Å². The number of halogens is 4. The van der Waals surface area contributed by atoms with E-state index in [2.05, 4.69) is 5.32 Å². The number of rotatable bonds is 4. The van der Waals surface area contributed by atoms with Crippen LogP contribution in [0.15, 0.2) is 48.5 Å². The van der Waals surface area contributed by atoms with Gasteiger partial charge < -0.3 is 5.32 Å². The molecule has 0 bridgehead atoms. The van der Waals surface area contributed by atoms with E-state index in [1.54, 1.807) is 12.1 Å². The zero-order valence-electron chi connectivity index (χ0n) is 11.4. The molecule has 1 N–H and O–H groups in total. The van der Waals surface area contributed by atoms with Crippen molar-refractivity contribution in [3.8, 4) is 0 Å². The smallest absolute Gasteiger partial charge is 0.306 e. The topological polar surface area (TPSA) is 12.0 Å². The fourth-order valence-corrected chi connectivity index (χ4v) is 2.23. The molecule has 1 nitrogen and oxygen atoms in total. The Morgan fingerprint density at radius 1 is 1.10 bits per heavy atom. The maximum atomic E-state index is 12.7. The van der Waals surface area contributed by atoms with Gasteiger partial charge >= 0.3 is 6.18 Å². The first-order valence-electron chi connectivity index (χ1n) is 6.51. The van der Waals surface area contributed by atoms with Crippen LogP contribution in [-0.2, 0) is 12.7 Å². The number of nitrogens with one attached hydrogen (secondary N) is 1. The molecule has 0 radical (unpaired) electrons. The molecule has 0 fully saturated rings. The average Bonchev–Trinajstić information content (AvgIpc) is 2.44. The summed E-state index contributed by atoms with van der Waals surface area (Å²) in [6.45, 7) is 2.37. The van der Waals surface area contributed by atoms with Gasteiger partial charge in [0.05, 0.1) is 5.56 Å². The van der Waals surface area contributed by atoms with E-state index >= 15 is 0 Å². The Bertz CT molecular complexity index is 610. The number of hydrogen-bond donors (Lipinski definition) is 1. The second kappa shape index (κ2) is 6.50. The van der Waals surface area contributed by atoms with E-state index in [-0.39, 0.29) is 6.04 Å². The molecular formula is C16H15ClF3N. The van der Waals surface area contributed by atoms with E-state index in [0.717, 1.165) is 11.6 Å². The minimum Gasteiger partial charge on any atom is -0.306 e. The van der Waals surface area contributed by atoms with Gasteiger partial charge in [-0.2, -0.15) is 13.2 Å². The summed E-state index contributed by atoms with van der Waals surface area (Å²) in [5.74, 6) is 0. The number of benzene rings is 2. The lowest BCUT2D eigenvalue weighted by Crippen LogP contribution is -2.18. The zero-order valence-corrected chi connectivity index (χ0v) is 12.2. The van der Waals surface area contributed by atoms with Crippen molar-refractivity contribution in [2.75, 3.05) is 0 Å². The molecule has 0 aliphatic carbocycles. The van der Waals surface area contributed by atoms with Gasteiger partial charge in [-0.15, -0.1) is 0 Å². The van der Waals surface area contributed by atoms with Crippen LogP contribution in [0.5, 0.6) is 0 Å². The third-order valence-corrected chi connectivity index (χ3v) is 3.45. The molecule has 0 saturated carbocycles. The van der Waals surface area contributed by atoms with E-state index < -0.39 is 11.7 Å². The van der Waals surface area contributed by atoms with E-state index in [1.165, 1.54) is 12.1 Å². The van der Waals surface area contributed by atoms with Crippen LogP contribution < -0.4 is 5.32 Å². The van der Waals surface area contributed by atoms with Crippen LogP contribution in [0.4, 0.5) is 13.2 Å². The highest BCUT2D eigenvalue weighted by atomic mass is 35.5. The molecule has 112 valence electrons. The summed E-state index contributed by atoms with van der Waals surface area (Å²) in [5.41, 5.74) is 0.963. The van der Waals surface area contributed by atoms with Crippen LogP contribution >= 0.6 is 11.6 Å². The standard InChI is InChI=1S/C16H15ClF3N/c1-11(21-10-12-4-2-7-15(17)8-12)13-5-3-6-14(9-13)16(18,19)20/h2-9,11,21H,10H2,1H3. The monoisotopic (exact) mass is 313 g/mol. The van der Waals surface area contributed by atoms with Crippen LogP contribution in [0, 0.1) is 0 Å². The molecule has 2 rings (SSSR count). The lowest BCUT2D eigenvalue weighted by atomic mass is 10.0. The highest BCUT2D eigenvalue weighted by molar-refractivity contribution is 6.30. The van der Waals surface area contributed by atoms with Crippen LogP contribution in [0.3, 0.4) is 0 Å². The Balaban J connectivity index is 2.05. The molecule has 0 aromatic heterocycles. The van der Waals surface area contributed by atoms with Gasteiger partial charge in [0.15, 0.2) is 0 Å². The molecule has 21 heavy (non-hydrogen) atoms. The van der Waals surface area contributed by atoms with Crippen molar-refractivity contribution in [2.24, 2.45) is 0 Å². The molecule has 0 aliphatic rings. The average molecular weight is 314 g/mol. The van der Waals surface area contributed by atoms with Crippen molar-refractivity contribution >= 4 is 11.6 Å². The van der Waals surface area contributed by atoms with Crippen LogP contribution in [-0.4, -0.2) is 0 Å². The third kappa shape index (κ3) is 4.48. The van der Waals surface area contributed by atoms with Crippen molar-refractivity contribution in [3.05, 3.63) is 70.2 Å². The summed E-state index contributed by atoms with van der Waals surface area (Å²) in [4.78, 5) is 0. The number of hydrogen-bond acceptors (Lipinski definition) is 1. The van der Waals surface area contributed by atoms with Gasteiger partial charge in [0.1, 0.15) is 0 Å². The molecule has 2 aromatic rings. The fraction of sp³-hybridized carbons (Fsp3) is 0.250. The maximum absolute atomic E-state index is 12.7. The summed E-state index contributed by atoms with van der Waals surface area (Å²) in [6.07, 6.45) is -4.32. The molecule has 0 heterocycles. The minimum atomic E-state index is -4.32. The molecule has 1 unspecified atom stereocenters. The van der Waals surface area contributed by atoms with E-state index in [4.69, 9.17) is 11.6 Å². The summed E-state index contributed by atoms with van der Waals surface area (Å²) >= 11 is 5.90. The highest BCUT2D eigenvalue weighted by Crippen LogP contribution is 2.30. The van der Waals surface area contributed by atoms with Crippen LogP contribution in [0.1, 0.15) is 29.7 Å². The normalized spacial score (nSPS) is 13.2. The summed E-state index contributed by atoms with van der Waals surface area (Å²) in [7, 11) is 0. The second-order valence-electron chi connectivity index (χ2n) is 4.86. The predicted molar refractivity (Wildman–Crippen MR) is 78.2 cm³/mol. The van der Waals surface area contributed by atoms with Crippen molar-refractivity contribution in [1.82, 2.24) is 5.32 Å². The van der Waals surface area contributed by atoms with Gasteiger partial charge in [0.25, 0.3) is 0 Å². The molecule has 0 saturated heterocycles. The van der Waals surface area contributed by atoms with E-state index in [9.17, 15) is 13.2 Å². The zero-order chi connectivity index (χ0) is 15.5. The molecule has 2 aromatic carbocycles. The maximum Gasteiger partial charge on any atom is 0.416 e. The van der Waals surface area contributed by atoms with Crippen molar-refractivity contribution in [3.63, 3.8) is 0 Å². The van der Waals surface area contributed by atoms with Crippen molar-refractivity contribution in [1.29, 1.82) is 0 Å². The van der Waals surface area contributed by atoms with Gasteiger partial charge in [-0.1, -0.05) is 35.9 Å². The summed E-state index contributed by atoms with van der Waals surface area (Å²) in [5, 5.41) is 3.83. The van der Waals surface area contributed by atoms with Crippen LogP contribution in [0.25, 0.3) is 0 Å². The van der Waals surface area contributed by atoms with Crippen molar-refractivity contribution < 1.29 is 13.2 Å². The van der Waals surface area contributed by atoms with Gasteiger partial charge in [0.2, 0.25) is 0 Å². The van der Waals surface area contributed by atoms with Crippen molar-refractivity contribution in [2.45, 2.75) is 25.7 Å². The highest BCUT2D eigenvalue weighted by Gasteiger charge is 2.30.